The predicted octanol–water partition coefficient (Wildman–Crippen LogP) is 4.01. The number of aliphatic hydroxyl groups is 2. The summed E-state index contributed by atoms with van der Waals surface area (Å²) in [4.78, 5) is 2.80. The molecule has 0 aromatic heterocycles. The summed E-state index contributed by atoms with van der Waals surface area (Å²) in [5.74, 6) is 1.70. The number of rotatable bonds is 4. The molecule has 4 unspecified atom stereocenters. The summed E-state index contributed by atoms with van der Waals surface area (Å²) < 4.78 is 6.86. The zero-order valence-corrected chi connectivity index (χ0v) is 21.2. The summed E-state index contributed by atoms with van der Waals surface area (Å²) in [5, 5.41) is 34.2. The Bertz CT molecular complexity index is 1060. The molecule has 1 saturated heterocycles. The van der Waals surface area contributed by atoms with Gasteiger partial charge in [0.05, 0.1) is 12.2 Å². The number of likely N-dealkylation sites (tertiary alicyclic amines) is 1. The predicted molar refractivity (Wildman–Crippen MR) is 130 cm³/mol. The fourth-order valence-electron chi connectivity index (χ4n) is 9.74. The maximum Gasteiger partial charge on any atom is 0.165 e. The van der Waals surface area contributed by atoms with Crippen LogP contribution in [0.3, 0.4) is 0 Å². The number of nitrogens with zero attached hydrogens (tertiary/aromatic N) is 1. The molecule has 5 aliphatic carbocycles. The molecule has 2 heterocycles. The Kier molecular flexibility index (Phi) is 4.08. The average molecular weight is 468 g/mol. The zero-order chi connectivity index (χ0) is 23.9. The Hall–Kier alpha value is -1.30. The van der Waals surface area contributed by atoms with E-state index in [0.717, 1.165) is 44.6 Å². The molecule has 7 aliphatic rings. The second kappa shape index (κ2) is 6.33. The molecule has 0 amide bonds. The average Bonchev–Trinajstić information content (AvgIpc) is 3.53. The molecular formula is C29H41NO4. The minimum Gasteiger partial charge on any atom is -0.504 e. The fraction of sp³-hybridized carbons (Fsp3) is 0.793. The molecule has 4 bridgehead atoms. The van der Waals surface area contributed by atoms with E-state index in [-0.39, 0.29) is 40.6 Å². The molecule has 186 valence electrons. The molecule has 2 spiro atoms. The van der Waals surface area contributed by atoms with Gasteiger partial charge in [-0.15, -0.1) is 0 Å². The van der Waals surface area contributed by atoms with Gasteiger partial charge in [0.15, 0.2) is 11.5 Å². The van der Waals surface area contributed by atoms with Gasteiger partial charge in [0.1, 0.15) is 6.10 Å². The largest absolute Gasteiger partial charge is 0.504 e. The van der Waals surface area contributed by atoms with E-state index in [4.69, 9.17) is 4.74 Å². The number of piperidine rings is 1. The number of aliphatic hydroxyl groups excluding tert-OH is 1. The Morgan fingerprint density at radius 2 is 1.88 bits per heavy atom. The summed E-state index contributed by atoms with van der Waals surface area (Å²) in [6.07, 6.45) is 7.43. The lowest BCUT2D eigenvalue weighted by Crippen LogP contribution is -2.81. The van der Waals surface area contributed by atoms with Gasteiger partial charge in [-0.05, 0) is 87.3 Å². The van der Waals surface area contributed by atoms with Crippen molar-refractivity contribution >= 4 is 0 Å². The minimum absolute atomic E-state index is 0.00762. The first kappa shape index (κ1) is 21.9. The van der Waals surface area contributed by atoms with E-state index in [9.17, 15) is 15.3 Å². The van der Waals surface area contributed by atoms with Crippen LogP contribution in [0.1, 0.15) is 77.3 Å². The van der Waals surface area contributed by atoms with Crippen molar-refractivity contribution in [2.45, 2.75) is 95.8 Å². The highest BCUT2D eigenvalue weighted by atomic mass is 16.5. The third-order valence-electron chi connectivity index (χ3n) is 12.0. The number of hydrogen-bond acceptors (Lipinski definition) is 5. The van der Waals surface area contributed by atoms with Crippen LogP contribution in [-0.4, -0.2) is 57.7 Å². The smallest absolute Gasteiger partial charge is 0.165 e. The number of phenols is 1. The third-order valence-corrected chi connectivity index (χ3v) is 12.0. The molecule has 0 radical (unpaired) electrons. The molecule has 5 heteroatoms. The van der Waals surface area contributed by atoms with Gasteiger partial charge in [-0.3, -0.25) is 4.90 Å². The SMILES string of the molecule is CC(C)(C)C(C)(O)[C@H]1CC23CCC1(CO)C1Oc4c(O)ccc5c4[C@@]12CCN(CC1CC1)[C@@H]3C5. The molecule has 5 fully saturated rings. The molecule has 8 rings (SSSR count). The normalized spacial score (nSPS) is 43.9. The van der Waals surface area contributed by atoms with E-state index in [0.29, 0.717) is 11.8 Å². The number of fused-ring (bicyclic) bond motifs is 2. The molecule has 1 aromatic carbocycles. The van der Waals surface area contributed by atoms with Crippen LogP contribution in [0.25, 0.3) is 0 Å². The second-order valence-corrected chi connectivity index (χ2v) is 14.0. The Balaban J connectivity index is 1.47. The lowest BCUT2D eigenvalue weighted by atomic mass is 9.31. The van der Waals surface area contributed by atoms with Crippen LogP contribution in [-0.2, 0) is 11.8 Å². The van der Waals surface area contributed by atoms with Gasteiger partial charge in [0.25, 0.3) is 0 Å². The molecular weight excluding hydrogens is 426 g/mol. The first-order valence-corrected chi connectivity index (χ1v) is 13.6. The van der Waals surface area contributed by atoms with Crippen LogP contribution in [0.4, 0.5) is 0 Å². The molecule has 2 aliphatic heterocycles. The minimum atomic E-state index is -0.944. The van der Waals surface area contributed by atoms with Crippen LogP contribution >= 0.6 is 0 Å². The van der Waals surface area contributed by atoms with E-state index < -0.39 is 11.0 Å². The summed E-state index contributed by atoms with van der Waals surface area (Å²) in [6, 6.07) is 4.39. The second-order valence-electron chi connectivity index (χ2n) is 14.0. The van der Waals surface area contributed by atoms with E-state index in [1.165, 1.54) is 30.5 Å². The van der Waals surface area contributed by atoms with Crippen LogP contribution in [0.15, 0.2) is 12.1 Å². The summed E-state index contributed by atoms with van der Waals surface area (Å²) in [7, 11) is 0. The number of benzene rings is 1. The Labute approximate surface area is 203 Å². The third kappa shape index (κ3) is 2.25. The zero-order valence-electron chi connectivity index (χ0n) is 21.2. The van der Waals surface area contributed by atoms with Crippen molar-refractivity contribution in [2.75, 3.05) is 19.7 Å². The van der Waals surface area contributed by atoms with Crippen LogP contribution in [0.5, 0.6) is 11.5 Å². The number of ether oxygens (including phenoxy) is 1. The van der Waals surface area contributed by atoms with Crippen molar-refractivity contribution in [3.8, 4) is 11.5 Å². The topological polar surface area (TPSA) is 73.2 Å². The summed E-state index contributed by atoms with van der Waals surface area (Å²) >= 11 is 0. The maximum atomic E-state index is 12.2. The van der Waals surface area contributed by atoms with E-state index >= 15 is 0 Å². The van der Waals surface area contributed by atoms with Crippen LogP contribution in [0.2, 0.25) is 0 Å². The molecule has 4 saturated carbocycles. The first-order valence-electron chi connectivity index (χ1n) is 13.6. The molecule has 7 atom stereocenters. The lowest BCUT2D eigenvalue weighted by molar-refractivity contribution is -0.289. The van der Waals surface area contributed by atoms with Crippen LogP contribution < -0.4 is 4.74 Å². The number of hydrogen-bond donors (Lipinski definition) is 3. The van der Waals surface area contributed by atoms with Crippen molar-refractivity contribution < 1.29 is 20.1 Å². The van der Waals surface area contributed by atoms with Gasteiger partial charge in [-0.1, -0.05) is 26.8 Å². The number of phenolic OH excluding ortho intramolecular Hbond substituents is 1. The van der Waals surface area contributed by atoms with E-state index in [1.807, 2.05) is 13.0 Å². The van der Waals surface area contributed by atoms with Crippen molar-refractivity contribution in [2.24, 2.45) is 28.1 Å². The monoisotopic (exact) mass is 467 g/mol. The Morgan fingerprint density at radius 1 is 1.12 bits per heavy atom. The molecule has 3 N–H and O–H groups in total. The summed E-state index contributed by atoms with van der Waals surface area (Å²) in [5.41, 5.74) is 0.649. The van der Waals surface area contributed by atoms with Crippen LogP contribution in [0, 0.1) is 28.1 Å². The van der Waals surface area contributed by atoms with Crippen molar-refractivity contribution in [1.82, 2.24) is 4.90 Å². The molecule has 5 nitrogen and oxygen atoms in total. The highest BCUT2D eigenvalue weighted by Gasteiger charge is 2.81. The number of aromatic hydroxyl groups is 1. The molecule has 1 aromatic rings. The van der Waals surface area contributed by atoms with Gasteiger partial charge >= 0.3 is 0 Å². The maximum absolute atomic E-state index is 12.2. The van der Waals surface area contributed by atoms with Gasteiger partial charge in [0, 0.05) is 34.4 Å². The Morgan fingerprint density at radius 3 is 2.56 bits per heavy atom. The van der Waals surface area contributed by atoms with E-state index in [2.05, 4.69) is 31.7 Å². The standard InChI is InChI=1S/C29H41NO4/c1-25(2,3)26(4,33)20-14-28-10-9-27(20,16-31)24-29(28)11-12-30(15-17-5-6-17)21(28)13-18-7-8-19(32)23(34-24)22(18)29/h7-8,17,20-21,24,31-33H,5-6,9-16H2,1-4H3/t20-,21-,24?,26?,27?,28?,29+/m1/s1. The van der Waals surface area contributed by atoms with E-state index in [1.54, 1.807) is 0 Å². The lowest BCUT2D eigenvalue weighted by Gasteiger charge is -2.76. The summed E-state index contributed by atoms with van der Waals surface area (Å²) in [6.45, 7) is 10.7. The van der Waals surface area contributed by atoms with Gasteiger partial charge < -0.3 is 20.1 Å². The quantitative estimate of drug-likeness (QED) is 0.624. The van der Waals surface area contributed by atoms with Crippen molar-refractivity contribution in [3.05, 3.63) is 23.3 Å². The van der Waals surface area contributed by atoms with Crippen molar-refractivity contribution in [1.29, 1.82) is 0 Å². The van der Waals surface area contributed by atoms with Gasteiger partial charge in [0.2, 0.25) is 0 Å². The first-order chi connectivity index (χ1) is 16.0. The van der Waals surface area contributed by atoms with Crippen molar-refractivity contribution in [3.63, 3.8) is 0 Å². The van der Waals surface area contributed by atoms with Gasteiger partial charge in [-0.2, -0.15) is 0 Å². The van der Waals surface area contributed by atoms with Gasteiger partial charge in [-0.25, -0.2) is 0 Å². The fourth-order valence-corrected chi connectivity index (χ4v) is 9.74. The molecule has 34 heavy (non-hydrogen) atoms. The highest BCUT2D eigenvalue weighted by Crippen LogP contribution is 2.79. The highest BCUT2D eigenvalue weighted by molar-refractivity contribution is 5.63.